The third kappa shape index (κ3) is 4.44. The zero-order valence-electron chi connectivity index (χ0n) is 18.6. The second-order valence-corrected chi connectivity index (χ2v) is 9.45. The van der Waals surface area contributed by atoms with Crippen molar-refractivity contribution >= 4 is 20.9 Å². The molecule has 33 heavy (non-hydrogen) atoms. The summed E-state index contributed by atoms with van der Waals surface area (Å²) in [5, 5.41) is 0.966. The summed E-state index contributed by atoms with van der Waals surface area (Å²) in [6, 6.07) is 17.2. The minimum absolute atomic E-state index is 0.0310. The van der Waals surface area contributed by atoms with Crippen LogP contribution in [-0.4, -0.2) is 34.2 Å². The van der Waals surface area contributed by atoms with Crippen LogP contribution in [0.2, 0.25) is 0 Å². The molecule has 172 valence electrons. The molecule has 1 heterocycles. The van der Waals surface area contributed by atoms with E-state index in [1.807, 2.05) is 42.6 Å². The van der Waals surface area contributed by atoms with E-state index in [1.165, 1.54) is 12.1 Å². The lowest BCUT2D eigenvalue weighted by Gasteiger charge is -2.22. The van der Waals surface area contributed by atoms with Gasteiger partial charge in [0.05, 0.1) is 19.1 Å². The van der Waals surface area contributed by atoms with Gasteiger partial charge in [-0.05, 0) is 42.3 Å². The second-order valence-electron chi connectivity index (χ2n) is 7.69. The summed E-state index contributed by atoms with van der Waals surface area (Å²) in [4.78, 5) is 3.12. The SMILES string of the molecule is COc1cccc(C(CNS(=O)(=O)c2ccc(C)c(F)c2)c2c[nH]c3ccccc23)c1OC. The lowest BCUT2D eigenvalue weighted by atomic mass is 9.90. The summed E-state index contributed by atoms with van der Waals surface area (Å²) in [7, 11) is -0.853. The number of para-hydroxylation sites is 2. The minimum Gasteiger partial charge on any atom is -0.493 e. The van der Waals surface area contributed by atoms with Crippen LogP contribution in [0.4, 0.5) is 4.39 Å². The second kappa shape index (κ2) is 9.25. The first-order valence-corrected chi connectivity index (χ1v) is 11.9. The molecule has 0 amide bonds. The van der Waals surface area contributed by atoms with Crippen molar-refractivity contribution in [3.05, 3.63) is 89.4 Å². The van der Waals surface area contributed by atoms with Crippen molar-refractivity contribution in [1.82, 2.24) is 9.71 Å². The Morgan fingerprint density at radius 1 is 1.00 bits per heavy atom. The molecule has 0 aliphatic heterocycles. The first-order chi connectivity index (χ1) is 15.9. The highest BCUT2D eigenvalue weighted by atomic mass is 32.2. The van der Waals surface area contributed by atoms with Gasteiger partial charge in [-0.1, -0.05) is 36.4 Å². The van der Waals surface area contributed by atoms with Crippen molar-refractivity contribution in [3.63, 3.8) is 0 Å². The molecule has 2 N–H and O–H groups in total. The van der Waals surface area contributed by atoms with Crippen LogP contribution in [0.3, 0.4) is 0 Å². The van der Waals surface area contributed by atoms with Crippen LogP contribution < -0.4 is 14.2 Å². The van der Waals surface area contributed by atoms with E-state index < -0.39 is 21.8 Å². The van der Waals surface area contributed by atoms with Gasteiger partial charge in [0.1, 0.15) is 5.82 Å². The van der Waals surface area contributed by atoms with Crippen molar-refractivity contribution in [1.29, 1.82) is 0 Å². The molecule has 4 rings (SSSR count). The number of halogens is 1. The first kappa shape index (κ1) is 22.8. The molecule has 4 aromatic rings. The third-order valence-electron chi connectivity index (χ3n) is 5.74. The average Bonchev–Trinajstić information content (AvgIpc) is 3.24. The zero-order valence-corrected chi connectivity index (χ0v) is 19.4. The monoisotopic (exact) mass is 468 g/mol. The molecule has 0 saturated carbocycles. The maximum atomic E-state index is 14.0. The van der Waals surface area contributed by atoms with Crippen molar-refractivity contribution in [2.45, 2.75) is 17.7 Å². The Balaban J connectivity index is 1.78. The summed E-state index contributed by atoms with van der Waals surface area (Å²) in [5.41, 5.74) is 2.98. The topological polar surface area (TPSA) is 80.4 Å². The Morgan fingerprint density at radius 2 is 1.79 bits per heavy atom. The molecular weight excluding hydrogens is 443 g/mol. The van der Waals surface area contributed by atoms with E-state index in [4.69, 9.17) is 9.47 Å². The number of aromatic amines is 1. The van der Waals surface area contributed by atoms with Crippen molar-refractivity contribution < 1.29 is 22.3 Å². The van der Waals surface area contributed by atoms with Gasteiger partial charge in [-0.3, -0.25) is 0 Å². The molecule has 0 saturated heterocycles. The van der Waals surface area contributed by atoms with Crippen LogP contribution in [0.1, 0.15) is 22.6 Å². The van der Waals surface area contributed by atoms with Gasteiger partial charge in [0.2, 0.25) is 10.0 Å². The largest absolute Gasteiger partial charge is 0.493 e. The maximum absolute atomic E-state index is 14.0. The van der Waals surface area contributed by atoms with Gasteiger partial charge in [0.15, 0.2) is 11.5 Å². The molecule has 3 aromatic carbocycles. The Kier molecular flexibility index (Phi) is 6.40. The summed E-state index contributed by atoms with van der Waals surface area (Å²) in [6.07, 6.45) is 1.87. The molecule has 1 unspecified atom stereocenters. The molecule has 0 bridgehead atoms. The van der Waals surface area contributed by atoms with Crippen LogP contribution >= 0.6 is 0 Å². The number of aromatic nitrogens is 1. The van der Waals surface area contributed by atoms with E-state index in [9.17, 15) is 12.8 Å². The number of methoxy groups -OCH3 is 2. The molecule has 0 radical (unpaired) electrons. The van der Waals surface area contributed by atoms with Gasteiger partial charge >= 0.3 is 0 Å². The smallest absolute Gasteiger partial charge is 0.240 e. The molecule has 1 aromatic heterocycles. The molecule has 8 heteroatoms. The van der Waals surface area contributed by atoms with E-state index in [0.717, 1.165) is 28.1 Å². The molecular formula is C25H25FN2O4S. The van der Waals surface area contributed by atoms with Crippen molar-refractivity contribution in [2.24, 2.45) is 0 Å². The van der Waals surface area contributed by atoms with Gasteiger partial charge in [-0.2, -0.15) is 0 Å². The predicted molar refractivity (Wildman–Crippen MR) is 126 cm³/mol. The number of benzene rings is 3. The van der Waals surface area contributed by atoms with Crippen LogP contribution in [0.15, 0.2) is 71.8 Å². The molecule has 0 aliphatic carbocycles. The number of hydrogen-bond acceptors (Lipinski definition) is 4. The number of fused-ring (bicyclic) bond motifs is 1. The number of nitrogens with one attached hydrogen (secondary N) is 2. The molecule has 0 fully saturated rings. The van der Waals surface area contributed by atoms with E-state index in [0.29, 0.717) is 17.1 Å². The number of sulfonamides is 1. The normalized spacial score (nSPS) is 12.6. The van der Waals surface area contributed by atoms with Crippen LogP contribution in [0, 0.1) is 12.7 Å². The van der Waals surface area contributed by atoms with Gasteiger partial charge in [0, 0.05) is 35.1 Å². The van der Waals surface area contributed by atoms with Gasteiger partial charge in [-0.25, -0.2) is 17.5 Å². The fourth-order valence-corrected chi connectivity index (χ4v) is 5.03. The van der Waals surface area contributed by atoms with Crippen molar-refractivity contribution in [3.8, 4) is 11.5 Å². The maximum Gasteiger partial charge on any atom is 0.240 e. The lowest BCUT2D eigenvalue weighted by molar-refractivity contribution is 0.350. The minimum atomic E-state index is -3.95. The summed E-state index contributed by atoms with van der Waals surface area (Å²) >= 11 is 0. The lowest BCUT2D eigenvalue weighted by Crippen LogP contribution is -2.29. The van der Waals surface area contributed by atoms with E-state index in [1.54, 1.807) is 27.2 Å². The van der Waals surface area contributed by atoms with E-state index in [2.05, 4.69) is 9.71 Å². The standard InChI is InChI=1S/C25H25FN2O4S/c1-16-11-12-17(13-22(16)26)33(29,30)28-15-21(19-8-6-10-24(31-2)25(19)32-3)20-14-27-23-9-5-4-7-18(20)23/h4-14,21,27-28H,15H2,1-3H3. The highest BCUT2D eigenvalue weighted by Crippen LogP contribution is 2.40. The van der Waals surface area contributed by atoms with Crippen LogP contribution in [0.25, 0.3) is 10.9 Å². The average molecular weight is 469 g/mol. The van der Waals surface area contributed by atoms with Gasteiger partial charge in [-0.15, -0.1) is 0 Å². The Hall–Kier alpha value is -3.36. The molecule has 6 nitrogen and oxygen atoms in total. The third-order valence-corrected chi connectivity index (χ3v) is 7.16. The highest BCUT2D eigenvalue weighted by molar-refractivity contribution is 7.89. The Labute approximate surface area is 192 Å². The molecule has 0 spiro atoms. The summed E-state index contributed by atoms with van der Waals surface area (Å²) in [5.74, 6) is 0.0935. The summed E-state index contributed by atoms with van der Waals surface area (Å²) in [6.45, 7) is 1.62. The number of ether oxygens (including phenoxy) is 2. The number of rotatable bonds is 8. The Morgan fingerprint density at radius 3 is 2.52 bits per heavy atom. The fraction of sp³-hybridized carbons (Fsp3) is 0.200. The predicted octanol–water partition coefficient (Wildman–Crippen LogP) is 4.74. The molecule has 0 aliphatic rings. The van der Waals surface area contributed by atoms with Crippen LogP contribution in [0.5, 0.6) is 11.5 Å². The number of hydrogen-bond donors (Lipinski definition) is 2. The van der Waals surface area contributed by atoms with E-state index >= 15 is 0 Å². The zero-order chi connectivity index (χ0) is 23.6. The first-order valence-electron chi connectivity index (χ1n) is 10.4. The number of H-pyrrole nitrogens is 1. The fourth-order valence-electron chi connectivity index (χ4n) is 3.97. The van der Waals surface area contributed by atoms with Gasteiger partial charge < -0.3 is 14.5 Å². The Bertz CT molecular complexity index is 1400. The van der Waals surface area contributed by atoms with Crippen LogP contribution in [-0.2, 0) is 10.0 Å². The van der Waals surface area contributed by atoms with Crippen molar-refractivity contribution in [2.75, 3.05) is 20.8 Å². The van der Waals surface area contributed by atoms with Gasteiger partial charge in [0.25, 0.3) is 0 Å². The van der Waals surface area contributed by atoms with E-state index in [-0.39, 0.29) is 11.4 Å². The quantitative estimate of drug-likeness (QED) is 0.391. The highest BCUT2D eigenvalue weighted by Gasteiger charge is 2.26. The number of aryl methyl sites for hydroxylation is 1. The summed E-state index contributed by atoms with van der Waals surface area (Å²) < 4.78 is 53.8. The molecule has 1 atom stereocenters.